The topological polar surface area (TPSA) is 129 Å². The SMILES string of the molecule is CCCCCCCC(=O)N(CC(F)(F)F)C1C=C(C(=O)NCCO)C2c3cc(CO)cc(OC)c3OC2C1O. The van der Waals surface area contributed by atoms with Crippen molar-refractivity contribution in [2.24, 2.45) is 0 Å². The number of aliphatic hydroxyl groups excluding tert-OH is 3. The molecule has 0 aromatic heterocycles. The summed E-state index contributed by atoms with van der Waals surface area (Å²) in [4.78, 5) is 26.9. The van der Waals surface area contributed by atoms with Crippen LogP contribution in [0.2, 0.25) is 0 Å². The standard InChI is InChI=1S/C27H37F3N2O7/c1-3-4-5-6-7-8-21(35)32(15-27(28,29)30)19-13-18(26(37)31-9-10-33)22-17-11-16(14-34)12-20(38-2)24(17)39-25(22)23(19)36/h11-13,19,22-23,25,33-34,36H,3-10,14-15H2,1-2H3,(H,31,37). The average molecular weight is 559 g/mol. The third-order valence-electron chi connectivity index (χ3n) is 7.02. The van der Waals surface area contributed by atoms with Gasteiger partial charge in [0.1, 0.15) is 18.8 Å². The minimum atomic E-state index is -4.75. The maximum atomic E-state index is 13.6. The fraction of sp³-hybridized carbons (Fsp3) is 0.630. The smallest absolute Gasteiger partial charge is 0.406 e. The average Bonchev–Trinajstić information content (AvgIpc) is 3.29. The number of nitrogens with zero attached hydrogens (tertiary/aromatic N) is 1. The van der Waals surface area contributed by atoms with Crippen molar-refractivity contribution in [3.63, 3.8) is 0 Å². The summed E-state index contributed by atoms with van der Waals surface area (Å²) >= 11 is 0. The number of unbranched alkanes of at least 4 members (excludes halogenated alkanes) is 4. The highest BCUT2D eigenvalue weighted by Gasteiger charge is 2.52. The van der Waals surface area contributed by atoms with Gasteiger partial charge in [-0.3, -0.25) is 9.59 Å². The molecule has 4 unspecified atom stereocenters. The second kappa shape index (κ2) is 13.5. The Hall–Kier alpha value is -2.83. The Morgan fingerprint density at radius 2 is 1.87 bits per heavy atom. The summed E-state index contributed by atoms with van der Waals surface area (Å²) in [5, 5.41) is 32.8. The lowest BCUT2D eigenvalue weighted by molar-refractivity contribution is -0.170. The maximum absolute atomic E-state index is 13.6. The van der Waals surface area contributed by atoms with Gasteiger partial charge in [-0.25, -0.2) is 0 Å². The van der Waals surface area contributed by atoms with Gasteiger partial charge in [0.15, 0.2) is 11.5 Å². The third-order valence-corrected chi connectivity index (χ3v) is 7.02. The van der Waals surface area contributed by atoms with Gasteiger partial charge in [-0.15, -0.1) is 0 Å². The maximum Gasteiger partial charge on any atom is 0.406 e. The first kappa shape index (κ1) is 30.7. The lowest BCUT2D eigenvalue weighted by atomic mass is 9.77. The number of nitrogens with one attached hydrogen (secondary N) is 1. The normalized spacial score (nSPS) is 21.9. The zero-order valence-corrected chi connectivity index (χ0v) is 22.2. The van der Waals surface area contributed by atoms with Crippen molar-refractivity contribution >= 4 is 11.8 Å². The van der Waals surface area contributed by atoms with Gasteiger partial charge in [0.05, 0.1) is 32.3 Å². The number of halogens is 3. The molecule has 0 radical (unpaired) electrons. The monoisotopic (exact) mass is 558 g/mol. The number of amides is 2. The summed E-state index contributed by atoms with van der Waals surface area (Å²) in [6.45, 7) is -0.415. The van der Waals surface area contributed by atoms with Gasteiger partial charge in [-0.05, 0) is 30.2 Å². The third kappa shape index (κ3) is 7.23. The fourth-order valence-corrected chi connectivity index (χ4v) is 5.20. The van der Waals surface area contributed by atoms with Crippen LogP contribution in [0.4, 0.5) is 13.2 Å². The number of ether oxygens (including phenoxy) is 2. The van der Waals surface area contributed by atoms with Gasteiger partial charge in [0.25, 0.3) is 0 Å². The van der Waals surface area contributed by atoms with Gasteiger partial charge in [0, 0.05) is 24.1 Å². The number of carbonyl (C=O) groups excluding carboxylic acids is 2. The Morgan fingerprint density at radius 3 is 2.49 bits per heavy atom. The number of rotatable bonds is 13. The molecule has 218 valence electrons. The van der Waals surface area contributed by atoms with Crippen molar-refractivity contribution in [1.29, 1.82) is 0 Å². The molecule has 0 spiro atoms. The molecule has 1 heterocycles. The number of carbonyl (C=O) groups is 2. The first-order valence-electron chi connectivity index (χ1n) is 13.2. The first-order chi connectivity index (χ1) is 18.6. The molecule has 2 amide bonds. The van der Waals surface area contributed by atoms with Crippen molar-refractivity contribution in [3.8, 4) is 11.5 Å². The van der Waals surface area contributed by atoms with E-state index in [1.54, 1.807) is 6.07 Å². The molecule has 4 N–H and O–H groups in total. The number of hydrogen-bond acceptors (Lipinski definition) is 7. The molecule has 1 aliphatic heterocycles. The highest BCUT2D eigenvalue weighted by atomic mass is 19.4. The van der Waals surface area contributed by atoms with Gasteiger partial charge in [-0.2, -0.15) is 13.2 Å². The van der Waals surface area contributed by atoms with E-state index in [9.17, 15) is 38.1 Å². The van der Waals surface area contributed by atoms with Crippen molar-refractivity contribution in [2.75, 3.05) is 26.8 Å². The van der Waals surface area contributed by atoms with Crippen LogP contribution in [-0.4, -0.2) is 83.3 Å². The van der Waals surface area contributed by atoms with Gasteiger partial charge in [0.2, 0.25) is 11.8 Å². The largest absolute Gasteiger partial charge is 0.493 e. The van der Waals surface area contributed by atoms with E-state index >= 15 is 0 Å². The number of methoxy groups -OCH3 is 1. The second-order valence-electron chi connectivity index (χ2n) is 9.82. The van der Waals surface area contributed by atoms with Crippen LogP contribution >= 0.6 is 0 Å². The van der Waals surface area contributed by atoms with Crippen LogP contribution in [0.5, 0.6) is 11.5 Å². The van der Waals surface area contributed by atoms with Crippen LogP contribution in [0.15, 0.2) is 23.8 Å². The minimum absolute atomic E-state index is 0.0115. The molecule has 2 aliphatic rings. The lowest BCUT2D eigenvalue weighted by Crippen LogP contribution is -2.57. The molecule has 39 heavy (non-hydrogen) atoms. The Bertz CT molecular complexity index is 1050. The van der Waals surface area contributed by atoms with Crippen LogP contribution in [0, 0.1) is 0 Å². The van der Waals surface area contributed by atoms with E-state index in [4.69, 9.17) is 9.47 Å². The van der Waals surface area contributed by atoms with Crippen LogP contribution in [-0.2, 0) is 16.2 Å². The molecule has 9 nitrogen and oxygen atoms in total. The van der Waals surface area contributed by atoms with Gasteiger partial charge < -0.3 is 35.0 Å². The second-order valence-corrected chi connectivity index (χ2v) is 9.82. The molecule has 0 saturated carbocycles. The van der Waals surface area contributed by atoms with E-state index in [1.807, 2.05) is 6.92 Å². The van der Waals surface area contributed by atoms with Crippen LogP contribution in [0.3, 0.4) is 0 Å². The minimum Gasteiger partial charge on any atom is -0.493 e. The predicted molar refractivity (Wildman–Crippen MR) is 135 cm³/mol. The van der Waals surface area contributed by atoms with Crippen molar-refractivity contribution in [2.45, 2.75) is 82.4 Å². The van der Waals surface area contributed by atoms with E-state index in [1.165, 1.54) is 19.3 Å². The number of aliphatic hydroxyl groups is 3. The quantitative estimate of drug-likeness (QED) is 0.274. The zero-order valence-electron chi connectivity index (χ0n) is 22.2. The van der Waals surface area contributed by atoms with E-state index in [2.05, 4.69) is 5.32 Å². The first-order valence-corrected chi connectivity index (χ1v) is 13.2. The highest BCUT2D eigenvalue weighted by Crippen LogP contribution is 2.51. The summed E-state index contributed by atoms with van der Waals surface area (Å²) in [6.07, 6.45) is -2.62. The van der Waals surface area contributed by atoms with Crippen LogP contribution in [0.25, 0.3) is 0 Å². The molecule has 0 bridgehead atoms. The van der Waals surface area contributed by atoms with E-state index < -0.39 is 48.7 Å². The Kier molecular flexibility index (Phi) is 10.6. The summed E-state index contributed by atoms with van der Waals surface area (Å²) in [5.74, 6) is -1.97. The summed E-state index contributed by atoms with van der Waals surface area (Å²) in [7, 11) is 1.37. The summed E-state index contributed by atoms with van der Waals surface area (Å²) in [5.41, 5.74) is 0.844. The fourth-order valence-electron chi connectivity index (χ4n) is 5.20. The molecule has 3 rings (SSSR count). The van der Waals surface area contributed by atoms with Gasteiger partial charge >= 0.3 is 6.18 Å². The molecule has 12 heteroatoms. The van der Waals surface area contributed by atoms with E-state index in [0.717, 1.165) is 19.3 Å². The van der Waals surface area contributed by atoms with Crippen LogP contribution < -0.4 is 14.8 Å². The zero-order chi connectivity index (χ0) is 28.7. The lowest BCUT2D eigenvalue weighted by Gasteiger charge is -2.41. The molecule has 4 atom stereocenters. The number of benzene rings is 1. The molecule has 0 saturated heterocycles. The molecular weight excluding hydrogens is 521 g/mol. The van der Waals surface area contributed by atoms with Crippen molar-refractivity contribution in [1.82, 2.24) is 10.2 Å². The Balaban J connectivity index is 2.03. The molecular formula is C27H37F3N2O7. The summed E-state index contributed by atoms with van der Waals surface area (Å²) < 4.78 is 52.3. The predicted octanol–water partition coefficient (Wildman–Crippen LogP) is 2.56. The van der Waals surface area contributed by atoms with E-state index in [0.29, 0.717) is 28.9 Å². The number of alkyl halides is 3. The van der Waals surface area contributed by atoms with Crippen LogP contribution in [0.1, 0.15) is 62.5 Å². The summed E-state index contributed by atoms with van der Waals surface area (Å²) in [6, 6.07) is 1.61. The Morgan fingerprint density at radius 1 is 1.15 bits per heavy atom. The number of fused-ring (bicyclic) bond motifs is 3. The van der Waals surface area contributed by atoms with Gasteiger partial charge in [-0.1, -0.05) is 32.6 Å². The van der Waals surface area contributed by atoms with E-state index in [-0.39, 0.29) is 43.3 Å². The van der Waals surface area contributed by atoms with Crippen molar-refractivity contribution in [3.05, 3.63) is 34.9 Å². The number of hydrogen-bond donors (Lipinski definition) is 4. The molecule has 1 aromatic carbocycles. The molecule has 0 fully saturated rings. The molecule has 1 aromatic rings. The van der Waals surface area contributed by atoms with Crippen molar-refractivity contribution < 1.29 is 47.6 Å². The molecule has 1 aliphatic carbocycles. The Labute approximate surface area is 225 Å². The highest BCUT2D eigenvalue weighted by molar-refractivity contribution is 5.96.